The molecular formula is C21H26BrN3O3. The van der Waals surface area contributed by atoms with Crippen molar-refractivity contribution in [2.45, 2.75) is 13.3 Å². The van der Waals surface area contributed by atoms with Gasteiger partial charge in [-0.2, -0.15) is 0 Å². The average molecular weight is 448 g/mol. The summed E-state index contributed by atoms with van der Waals surface area (Å²) in [4.78, 5) is 25.9. The Morgan fingerprint density at radius 1 is 1.07 bits per heavy atom. The summed E-state index contributed by atoms with van der Waals surface area (Å²) in [5.41, 5.74) is 2.87. The standard InChI is InChI=1S/C21H26BrN3O3/c1-15-12-17(22)6-9-19(15)24-21(27)14-25(2)13-20(26)23-11-10-16-4-7-18(28-3)8-5-16/h4-9,12H,10-11,13-14H2,1-3H3,(H,23,26)(H,24,27). The zero-order valence-corrected chi connectivity index (χ0v) is 18.0. The number of nitrogens with zero attached hydrogens (tertiary/aromatic N) is 1. The molecule has 0 aliphatic heterocycles. The van der Waals surface area contributed by atoms with Crippen molar-refractivity contribution in [3.05, 3.63) is 58.1 Å². The molecular weight excluding hydrogens is 422 g/mol. The first kappa shape index (κ1) is 21.9. The van der Waals surface area contributed by atoms with Gasteiger partial charge in [-0.25, -0.2) is 0 Å². The van der Waals surface area contributed by atoms with Crippen LogP contribution in [-0.2, 0) is 16.0 Å². The van der Waals surface area contributed by atoms with Crippen molar-refractivity contribution in [2.75, 3.05) is 39.1 Å². The maximum Gasteiger partial charge on any atom is 0.238 e. The highest BCUT2D eigenvalue weighted by Crippen LogP contribution is 2.19. The molecule has 2 aromatic carbocycles. The predicted octanol–water partition coefficient (Wildman–Crippen LogP) is 3.00. The van der Waals surface area contributed by atoms with Gasteiger partial charge in [-0.05, 0) is 61.9 Å². The summed E-state index contributed by atoms with van der Waals surface area (Å²) in [7, 11) is 3.38. The molecule has 2 N–H and O–H groups in total. The molecule has 0 spiro atoms. The summed E-state index contributed by atoms with van der Waals surface area (Å²) in [6, 6.07) is 13.4. The van der Waals surface area contributed by atoms with Crippen LogP contribution in [-0.4, -0.2) is 50.5 Å². The quantitative estimate of drug-likeness (QED) is 0.619. The largest absolute Gasteiger partial charge is 0.497 e. The van der Waals surface area contributed by atoms with Gasteiger partial charge in [-0.15, -0.1) is 0 Å². The molecule has 0 bridgehead atoms. The Balaban J connectivity index is 1.70. The second kappa shape index (κ2) is 10.8. The summed E-state index contributed by atoms with van der Waals surface area (Å²) in [5.74, 6) is 0.550. The molecule has 0 saturated heterocycles. The van der Waals surface area contributed by atoms with Crippen LogP contribution in [0.25, 0.3) is 0 Å². The fourth-order valence-electron chi connectivity index (χ4n) is 2.70. The fraction of sp³-hybridized carbons (Fsp3) is 0.333. The molecule has 0 fully saturated rings. The molecule has 2 aromatic rings. The van der Waals surface area contributed by atoms with Crippen LogP contribution in [0.5, 0.6) is 5.75 Å². The van der Waals surface area contributed by atoms with Crippen LogP contribution in [0.15, 0.2) is 46.9 Å². The summed E-state index contributed by atoms with van der Waals surface area (Å²) < 4.78 is 6.09. The van der Waals surface area contributed by atoms with E-state index >= 15 is 0 Å². The molecule has 0 aliphatic carbocycles. The van der Waals surface area contributed by atoms with Crippen LogP contribution < -0.4 is 15.4 Å². The number of ether oxygens (including phenoxy) is 1. The Hall–Kier alpha value is -2.38. The van der Waals surface area contributed by atoms with E-state index < -0.39 is 0 Å². The normalized spacial score (nSPS) is 10.6. The van der Waals surface area contributed by atoms with Crippen LogP contribution in [0.3, 0.4) is 0 Å². The Morgan fingerprint density at radius 3 is 2.39 bits per heavy atom. The number of aryl methyl sites for hydroxylation is 1. The molecule has 0 radical (unpaired) electrons. The Morgan fingerprint density at radius 2 is 1.75 bits per heavy atom. The predicted molar refractivity (Wildman–Crippen MR) is 115 cm³/mol. The topological polar surface area (TPSA) is 70.7 Å². The molecule has 0 atom stereocenters. The van der Waals surface area contributed by atoms with Gasteiger partial charge in [0.2, 0.25) is 11.8 Å². The maximum absolute atomic E-state index is 12.2. The fourth-order valence-corrected chi connectivity index (χ4v) is 3.17. The highest BCUT2D eigenvalue weighted by Gasteiger charge is 2.11. The van der Waals surface area contributed by atoms with E-state index in [0.717, 1.165) is 33.5 Å². The summed E-state index contributed by atoms with van der Waals surface area (Å²) in [6.07, 6.45) is 0.739. The molecule has 0 saturated carbocycles. The minimum Gasteiger partial charge on any atom is -0.497 e. The van der Waals surface area contributed by atoms with Gasteiger partial charge in [-0.3, -0.25) is 14.5 Å². The number of hydrogen-bond acceptors (Lipinski definition) is 4. The van der Waals surface area contributed by atoms with Crippen LogP contribution in [0.1, 0.15) is 11.1 Å². The molecule has 28 heavy (non-hydrogen) atoms. The first-order valence-electron chi connectivity index (χ1n) is 9.01. The number of nitrogens with one attached hydrogen (secondary N) is 2. The number of rotatable bonds is 9. The molecule has 0 aromatic heterocycles. The average Bonchev–Trinajstić information content (AvgIpc) is 2.64. The lowest BCUT2D eigenvalue weighted by molar-refractivity contribution is -0.122. The van der Waals surface area contributed by atoms with Gasteiger partial charge in [0.1, 0.15) is 5.75 Å². The van der Waals surface area contributed by atoms with E-state index in [2.05, 4.69) is 26.6 Å². The third-order valence-electron chi connectivity index (χ3n) is 4.18. The van der Waals surface area contributed by atoms with Crippen LogP contribution >= 0.6 is 15.9 Å². The van der Waals surface area contributed by atoms with Crippen molar-refractivity contribution in [3.8, 4) is 5.75 Å². The molecule has 0 unspecified atom stereocenters. The van der Waals surface area contributed by atoms with E-state index in [0.29, 0.717) is 6.54 Å². The summed E-state index contributed by atoms with van der Waals surface area (Å²) in [5, 5.41) is 5.75. The Kier molecular flexibility index (Phi) is 8.47. The van der Waals surface area contributed by atoms with E-state index in [1.54, 1.807) is 19.1 Å². The molecule has 150 valence electrons. The Labute approximate surface area is 174 Å². The minimum absolute atomic E-state index is 0.108. The van der Waals surface area contributed by atoms with Gasteiger partial charge >= 0.3 is 0 Å². The van der Waals surface area contributed by atoms with Crippen LogP contribution in [0, 0.1) is 6.92 Å². The molecule has 2 amide bonds. The van der Waals surface area contributed by atoms with Crippen molar-refractivity contribution in [1.29, 1.82) is 0 Å². The van der Waals surface area contributed by atoms with Crippen LogP contribution in [0.2, 0.25) is 0 Å². The van der Waals surface area contributed by atoms with Gasteiger partial charge in [0.05, 0.1) is 20.2 Å². The Bertz CT molecular complexity index is 809. The zero-order valence-electron chi connectivity index (χ0n) is 16.4. The van der Waals surface area contributed by atoms with Crippen molar-refractivity contribution in [3.63, 3.8) is 0 Å². The number of likely N-dealkylation sites (N-methyl/N-ethyl adjacent to an activating group) is 1. The number of benzene rings is 2. The molecule has 6 nitrogen and oxygen atoms in total. The second-order valence-corrected chi connectivity index (χ2v) is 7.54. The van der Waals surface area contributed by atoms with E-state index in [1.807, 2.05) is 49.4 Å². The lowest BCUT2D eigenvalue weighted by Gasteiger charge is -2.16. The van der Waals surface area contributed by atoms with Gasteiger partial charge < -0.3 is 15.4 Å². The maximum atomic E-state index is 12.2. The SMILES string of the molecule is COc1ccc(CCNC(=O)CN(C)CC(=O)Nc2ccc(Br)cc2C)cc1. The smallest absolute Gasteiger partial charge is 0.238 e. The number of anilines is 1. The molecule has 2 rings (SSSR count). The number of carbonyl (C=O) groups excluding carboxylic acids is 2. The van der Waals surface area contributed by atoms with Crippen molar-refractivity contribution >= 4 is 33.4 Å². The van der Waals surface area contributed by atoms with E-state index in [9.17, 15) is 9.59 Å². The molecule has 0 aliphatic rings. The van der Waals surface area contributed by atoms with E-state index in [4.69, 9.17) is 4.74 Å². The molecule has 7 heteroatoms. The second-order valence-electron chi connectivity index (χ2n) is 6.63. The first-order chi connectivity index (χ1) is 13.4. The highest BCUT2D eigenvalue weighted by molar-refractivity contribution is 9.10. The monoisotopic (exact) mass is 447 g/mol. The zero-order chi connectivity index (χ0) is 20.5. The third kappa shape index (κ3) is 7.32. The number of amides is 2. The van der Waals surface area contributed by atoms with E-state index in [1.165, 1.54) is 0 Å². The summed E-state index contributed by atoms with van der Waals surface area (Å²) in [6.45, 7) is 2.78. The van der Waals surface area contributed by atoms with Crippen molar-refractivity contribution in [1.82, 2.24) is 10.2 Å². The van der Waals surface area contributed by atoms with Gasteiger partial charge in [0, 0.05) is 16.7 Å². The van der Waals surface area contributed by atoms with E-state index in [-0.39, 0.29) is 24.9 Å². The van der Waals surface area contributed by atoms with Crippen molar-refractivity contribution in [2.24, 2.45) is 0 Å². The lowest BCUT2D eigenvalue weighted by Crippen LogP contribution is -2.39. The van der Waals surface area contributed by atoms with Crippen molar-refractivity contribution < 1.29 is 14.3 Å². The lowest BCUT2D eigenvalue weighted by atomic mass is 10.1. The third-order valence-corrected chi connectivity index (χ3v) is 4.68. The highest BCUT2D eigenvalue weighted by atomic mass is 79.9. The molecule has 0 heterocycles. The number of methoxy groups -OCH3 is 1. The summed E-state index contributed by atoms with van der Waals surface area (Å²) >= 11 is 3.40. The number of halogens is 1. The van der Waals surface area contributed by atoms with Gasteiger partial charge in [-0.1, -0.05) is 28.1 Å². The van der Waals surface area contributed by atoms with Gasteiger partial charge in [0.15, 0.2) is 0 Å². The number of carbonyl (C=O) groups is 2. The van der Waals surface area contributed by atoms with Crippen LogP contribution in [0.4, 0.5) is 5.69 Å². The number of hydrogen-bond donors (Lipinski definition) is 2. The first-order valence-corrected chi connectivity index (χ1v) is 9.81. The van der Waals surface area contributed by atoms with Gasteiger partial charge in [0.25, 0.3) is 0 Å². The minimum atomic E-state index is -0.154.